The maximum Gasteiger partial charge on any atom is 0.203 e. The number of imidazole rings is 1. The Balaban J connectivity index is 1.83. The number of aromatic nitrogens is 2. The molecule has 1 atom stereocenters. The van der Waals surface area contributed by atoms with Crippen LogP contribution in [0.2, 0.25) is 0 Å². The Morgan fingerprint density at radius 1 is 1.47 bits per heavy atom. The molecule has 2 aliphatic rings. The molecule has 15 heavy (non-hydrogen) atoms. The zero-order valence-corrected chi connectivity index (χ0v) is 9.24. The van der Waals surface area contributed by atoms with Crippen LogP contribution in [0.25, 0.3) is 0 Å². The summed E-state index contributed by atoms with van der Waals surface area (Å²) in [7, 11) is 2.19. The molecule has 0 aliphatic carbocycles. The second kappa shape index (κ2) is 3.52. The summed E-state index contributed by atoms with van der Waals surface area (Å²) < 4.78 is 2.26. The van der Waals surface area contributed by atoms with Gasteiger partial charge in [0.05, 0.1) is 5.69 Å². The maximum atomic E-state index is 4.69. The molecule has 0 saturated carbocycles. The zero-order valence-electron chi connectivity index (χ0n) is 9.24. The molecule has 1 aromatic heterocycles. The van der Waals surface area contributed by atoms with Gasteiger partial charge in [-0.15, -0.1) is 0 Å². The summed E-state index contributed by atoms with van der Waals surface area (Å²) in [6, 6.07) is 0. The van der Waals surface area contributed by atoms with Gasteiger partial charge in [0, 0.05) is 31.7 Å². The van der Waals surface area contributed by atoms with E-state index in [1.807, 2.05) is 0 Å². The van der Waals surface area contributed by atoms with Gasteiger partial charge in [-0.3, -0.25) is 0 Å². The molecule has 0 bridgehead atoms. The van der Waals surface area contributed by atoms with Crippen LogP contribution in [0, 0.1) is 0 Å². The van der Waals surface area contributed by atoms with E-state index in [0.29, 0.717) is 5.92 Å². The Kier molecular flexibility index (Phi) is 2.16. The largest absolute Gasteiger partial charge is 0.356 e. The Hall–Kier alpha value is -1.03. The van der Waals surface area contributed by atoms with Gasteiger partial charge in [0.15, 0.2) is 0 Å². The van der Waals surface area contributed by atoms with Crippen LogP contribution in [-0.4, -0.2) is 41.1 Å². The van der Waals surface area contributed by atoms with E-state index in [1.165, 1.54) is 25.1 Å². The monoisotopic (exact) mass is 206 g/mol. The van der Waals surface area contributed by atoms with Crippen LogP contribution in [0.15, 0.2) is 6.20 Å². The van der Waals surface area contributed by atoms with Crippen LogP contribution in [0.4, 0.5) is 5.95 Å². The zero-order chi connectivity index (χ0) is 10.3. The van der Waals surface area contributed by atoms with Crippen LogP contribution in [0.1, 0.15) is 24.5 Å². The predicted molar refractivity (Wildman–Crippen MR) is 60.2 cm³/mol. The second-order valence-corrected chi connectivity index (χ2v) is 4.71. The average molecular weight is 206 g/mol. The van der Waals surface area contributed by atoms with Crippen molar-refractivity contribution in [3.63, 3.8) is 0 Å². The molecule has 0 radical (unpaired) electrons. The van der Waals surface area contributed by atoms with Crippen molar-refractivity contribution in [2.45, 2.75) is 25.3 Å². The van der Waals surface area contributed by atoms with E-state index in [4.69, 9.17) is 4.98 Å². The van der Waals surface area contributed by atoms with Crippen molar-refractivity contribution in [1.29, 1.82) is 0 Å². The second-order valence-electron chi connectivity index (χ2n) is 4.71. The van der Waals surface area contributed by atoms with Gasteiger partial charge in [-0.1, -0.05) is 0 Å². The van der Waals surface area contributed by atoms with Crippen LogP contribution in [-0.2, 0) is 6.54 Å². The van der Waals surface area contributed by atoms with Crippen LogP contribution in [0.5, 0.6) is 0 Å². The molecule has 1 saturated heterocycles. The van der Waals surface area contributed by atoms with Crippen molar-refractivity contribution in [2.75, 3.05) is 32.0 Å². The summed E-state index contributed by atoms with van der Waals surface area (Å²) in [5.41, 5.74) is 1.28. The van der Waals surface area contributed by atoms with Gasteiger partial charge < -0.3 is 14.8 Å². The Morgan fingerprint density at radius 2 is 2.40 bits per heavy atom. The number of likely N-dealkylation sites (tertiary alicyclic amines) is 1. The highest BCUT2D eigenvalue weighted by atomic mass is 15.2. The van der Waals surface area contributed by atoms with Gasteiger partial charge in [-0.05, 0) is 26.4 Å². The minimum Gasteiger partial charge on any atom is -0.356 e. The first-order valence-electron chi connectivity index (χ1n) is 5.82. The van der Waals surface area contributed by atoms with E-state index >= 15 is 0 Å². The van der Waals surface area contributed by atoms with Crippen molar-refractivity contribution in [3.05, 3.63) is 11.9 Å². The number of nitrogens with zero attached hydrogens (tertiary/aromatic N) is 3. The molecule has 1 unspecified atom stereocenters. The van der Waals surface area contributed by atoms with Crippen molar-refractivity contribution in [3.8, 4) is 0 Å². The summed E-state index contributed by atoms with van der Waals surface area (Å²) in [4.78, 5) is 7.08. The van der Waals surface area contributed by atoms with E-state index in [1.54, 1.807) is 0 Å². The Bertz CT molecular complexity index is 334. The molecule has 3 heterocycles. The fraction of sp³-hybridized carbons (Fsp3) is 0.727. The summed E-state index contributed by atoms with van der Waals surface area (Å²) in [6.45, 7) is 4.57. The Morgan fingerprint density at radius 3 is 3.13 bits per heavy atom. The minimum absolute atomic E-state index is 0.648. The molecule has 1 aromatic rings. The lowest BCUT2D eigenvalue weighted by atomic mass is 10.1. The summed E-state index contributed by atoms with van der Waals surface area (Å²) in [5.74, 6) is 1.72. The molecule has 3 rings (SSSR count). The van der Waals surface area contributed by atoms with Crippen molar-refractivity contribution in [2.24, 2.45) is 0 Å². The molecule has 0 amide bonds. The van der Waals surface area contributed by atoms with E-state index in [-0.39, 0.29) is 0 Å². The van der Waals surface area contributed by atoms with E-state index in [0.717, 1.165) is 25.6 Å². The third kappa shape index (κ3) is 1.63. The van der Waals surface area contributed by atoms with Crippen LogP contribution in [0.3, 0.4) is 0 Å². The lowest BCUT2D eigenvalue weighted by Gasteiger charge is -2.14. The number of hydrogen-bond donors (Lipinski definition) is 1. The molecule has 4 nitrogen and oxygen atoms in total. The fourth-order valence-electron chi connectivity index (χ4n) is 2.57. The van der Waals surface area contributed by atoms with Gasteiger partial charge in [0.2, 0.25) is 5.95 Å². The first kappa shape index (κ1) is 9.21. The molecule has 0 spiro atoms. The quantitative estimate of drug-likeness (QED) is 0.747. The fourth-order valence-corrected chi connectivity index (χ4v) is 2.57. The lowest BCUT2D eigenvalue weighted by molar-refractivity contribution is 0.411. The first-order valence-corrected chi connectivity index (χ1v) is 5.82. The van der Waals surface area contributed by atoms with E-state index in [2.05, 4.69) is 28.0 Å². The number of hydrogen-bond acceptors (Lipinski definition) is 3. The normalized spacial score (nSPS) is 26.3. The van der Waals surface area contributed by atoms with Gasteiger partial charge in [-0.25, -0.2) is 4.98 Å². The number of likely N-dealkylation sites (N-methyl/N-ethyl adjacent to an activating group) is 1. The van der Waals surface area contributed by atoms with Gasteiger partial charge in [0.1, 0.15) is 0 Å². The van der Waals surface area contributed by atoms with Gasteiger partial charge in [0.25, 0.3) is 0 Å². The molecular weight excluding hydrogens is 188 g/mol. The highest BCUT2D eigenvalue weighted by Crippen LogP contribution is 2.27. The third-order valence-corrected chi connectivity index (χ3v) is 3.46. The smallest absolute Gasteiger partial charge is 0.203 e. The van der Waals surface area contributed by atoms with Crippen LogP contribution < -0.4 is 5.32 Å². The lowest BCUT2D eigenvalue weighted by Crippen LogP contribution is -2.16. The molecule has 1 N–H and O–H groups in total. The maximum absolute atomic E-state index is 4.69. The van der Waals surface area contributed by atoms with Gasteiger partial charge >= 0.3 is 0 Å². The Labute approximate surface area is 90.3 Å². The molecular formula is C11H18N4. The molecule has 2 aliphatic heterocycles. The molecule has 1 fully saturated rings. The summed E-state index contributed by atoms with van der Waals surface area (Å²) in [6.07, 6.45) is 4.71. The number of rotatable bonds is 1. The molecule has 0 aromatic carbocycles. The molecule has 4 heteroatoms. The number of nitrogens with one attached hydrogen (secondary N) is 1. The first-order chi connectivity index (χ1) is 7.33. The minimum atomic E-state index is 0.648. The van der Waals surface area contributed by atoms with E-state index in [9.17, 15) is 0 Å². The highest BCUT2D eigenvalue weighted by Gasteiger charge is 2.24. The number of aryl methyl sites for hydroxylation is 1. The van der Waals surface area contributed by atoms with E-state index < -0.39 is 0 Å². The topological polar surface area (TPSA) is 33.1 Å². The van der Waals surface area contributed by atoms with Gasteiger partial charge in [-0.2, -0.15) is 0 Å². The summed E-state index contributed by atoms with van der Waals surface area (Å²) in [5, 5.41) is 3.36. The molecule has 82 valence electrons. The van der Waals surface area contributed by atoms with Crippen molar-refractivity contribution >= 4 is 5.95 Å². The SMILES string of the molecule is CN1CCC(c2cn3c(n2)NCCC3)C1. The average Bonchev–Trinajstić information content (AvgIpc) is 2.82. The standard InChI is InChI=1S/C11H18N4/c1-14-6-3-9(7-14)10-8-15-5-2-4-12-11(15)13-10/h8-9H,2-7H2,1H3,(H,12,13). The number of fused-ring (bicyclic) bond motifs is 1. The van der Waals surface area contributed by atoms with Crippen molar-refractivity contribution < 1.29 is 0 Å². The number of anilines is 1. The van der Waals surface area contributed by atoms with Crippen LogP contribution >= 0.6 is 0 Å². The highest BCUT2D eigenvalue weighted by molar-refractivity contribution is 5.32. The predicted octanol–water partition coefficient (Wildman–Crippen LogP) is 1.12. The van der Waals surface area contributed by atoms with Crippen molar-refractivity contribution in [1.82, 2.24) is 14.5 Å². The third-order valence-electron chi connectivity index (χ3n) is 3.46. The summed E-state index contributed by atoms with van der Waals surface area (Å²) >= 11 is 0.